The molecule has 2 aromatic heterocycles. The van der Waals surface area contributed by atoms with E-state index in [1.54, 1.807) is 43.7 Å². The van der Waals surface area contributed by atoms with Gasteiger partial charge in [0, 0.05) is 5.69 Å². The number of nitrogens with one attached hydrogen (secondary N) is 1. The molecule has 4 aromatic rings. The van der Waals surface area contributed by atoms with Crippen molar-refractivity contribution >= 4 is 17.6 Å². The molecule has 0 aliphatic rings. The number of amides is 1. The van der Waals surface area contributed by atoms with Crippen LogP contribution >= 0.6 is 0 Å². The van der Waals surface area contributed by atoms with Crippen molar-refractivity contribution in [3.05, 3.63) is 83.4 Å². The molecule has 1 N–H and O–H groups in total. The highest BCUT2D eigenvalue weighted by Crippen LogP contribution is 2.19. The van der Waals surface area contributed by atoms with Gasteiger partial charge in [-0.05, 0) is 51.1 Å². The Labute approximate surface area is 184 Å². The summed E-state index contributed by atoms with van der Waals surface area (Å²) in [6.45, 7) is 5.57. The summed E-state index contributed by atoms with van der Waals surface area (Å²) in [6.07, 6.45) is 1.48. The maximum Gasteiger partial charge on any atom is 0.341 e. The Morgan fingerprint density at radius 1 is 1.00 bits per heavy atom. The first-order chi connectivity index (χ1) is 15.5. The third-order valence-electron chi connectivity index (χ3n) is 4.84. The number of nitrogens with zero attached hydrogens (tertiary/aromatic N) is 5. The minimum atomic E-state index is -0.419. The molecule has 1 amide bonds. The molecule has 9 nitrogen and oxygen atoms in total. The maximum absolute atomic E-state index is 12.8. The minimum absolute atomic E-state index is 0.235. The molecule has 0 fully saturated rings. The number of benzene rings is 2. The van der Waals surface area contributed by atoms with Crippen LogP contribution in [0.25, 0.3) is 11.4 Å². The zero-order valence-corrected chi connectivity index (χ0v) is 17.9. The Morgan fingerprint density at radius 2 is 1.75 bits per heavy atom. The predicted molar refractivity (Wildman–Crippen MR) is 118 cm³/mol. The van der Waals surface area contributed by atoms with Crippen LogP contribution in [-0.2, 0) is 4.74 Å². The SMILES string of the molecule is CCOC(=O)c1cnn(-c2cccc(NC(=O)c3nn(-c4ccccc4)nc3C)c2)c1C. The lowest BCUT2D eigenvalue weighted by Crippen LogP contribution is -2.14. The summed E-state index contributed by atoms with van der Waals surface area (Å²) < 4.78 is 6.69. The lowest BCUT2D eigenvalue weighted by molar-refractivity contribution is 0.0525. The van der Waals surface area contributed by atoms with Crippen molar-refractivity contribution in [2.24, 2.45) is 0 Å². The molecule has 4 rings (SSSR count). The molecule has 0 radical (unpaired) electrons. The van der Waals surface area contributed by atoms with Crippen LogP contribution in [0.1, 0.15) is 39.2 Å². The van der Waals surface area contributed by atoms with Crippen molar-refractivity contribution in [2.75, 3.05) is 11.9 Å². The Bertz CT molecular complexity index is 1280. The van der Waals surface area contributed by atoms with Gasteiger partial charge in [-0.1, -0.05) is 24.3 Å². The smallest absolute Gasteiger partial charge is 0.341 e. The van der Waals surface area contributed by atoms with E-state index in [0.717, 1.165) is 5.69 Å². The van der Waals surface area contributed by atoms with Gasteiger partial charge < -0.3 is 10.1 Å². The van der Waals surface area contributed by atoms with Crippen LogP contribution < -0.4 is 5.32 Å². The first-order valence-corrected chi connectivity index (χ1v) is 10.1. The lowest BCUT2D eigenvalue weighted by Gasteiger charge is -2.09. The summed E-state index contributed by atoms with van der Waals surface area (Å²) in [5, 5.41) is 15.8. The number of hydrogen-bond donors (Lipinski definition) is 1. The molecule has 0 unspecified atom stereocenters. The number of aryl methyl sites for hydroxylation is 1. The van der Waals surface area contributed by atoms with E-state index >= 15 is 0 Å². The standard InChI is InChI=1S/C23H22N6O3/c1-4-32-23(31)20-14-24-28(16(20)3)19-12-8-9-17(13-19)25-22(30)21-15(2)26-29(27-21)18-10-6-5-7-11-18/h5-14H,4H2,1-3H3,(H,25,30). The Balaban J connectivity index is 1.56. The van der Waals surface area contributed by atoms with Gasteiger partial charge in [0.15, 0.2) is 5.69 Å². The number of ether oxygens (including phenoxy) is 1. The summed E-state index contributed by atoms with van der Waals surface area (Å²) >= 11 is 0. The molecule has 32 heavy (non-hydrogen) atoms. The Morgan fingerprint density at radius 3 is 2.50 bits per heavy atom. The Kier molecular flexibility index (Phi) is 5.80. The van der Waals surface area contributed by atoms with Crippen molar-refractivity contribution in [2.45, 2.75) is 20.8 Å². The van der Waals surface area contributed by atoms with Crippen molar-refractivity contribution in [3.63, 3.8) is 0 Å². The molecular formula is C23H22N6O3. The van der Waals surface area contributed by atoms with Gasteiger partial charge in [-0.15, -0.1) is 5.10 Å². The quantitative estimate of drug-likeness (QED) is 0.470. The first-order valence-electron chi connectivity index (χ1n) is 10.1. The molecule has 2 heterocycles. The zero-order chi connectivity index (χ0) is 22.7. The van der Waals surface area contributed by atoms with Crippen LogP contribution in [0, 0.1) is 13.8 Å². The minimum Gasteiger partial charge on any atom is -0.462 e. The van der Waals surface area contributed by atoms with Gasteiger partial charge in [-0.2, -0.15) is 15.0 Å². The van der Waals surface area contributed by atoms with E-state index in [1.165, 1.54) is 11.0 Å². The normalized spacial score (nSPS) is 10.7. The Hall–Kier alpha value is -4.27. The molecule has 0 aliphatic carbocycles. The number of aromatic nitrogens is 5. The second-order valence-corrected chi connectivity index (χ2v) is 7.04. The number of para-hydroxylation sites is 1. The van der Waals surface area contributed by atoms with E-state index in [9.17, 15) is 9.59 Å². The molecular weight excluding hydrogens is 408 g/mol. The molecule has 0 saturated heterocycles. The fourth-order valence-electron chi connectivity index (χ4n) is 3.25. The number of esters is 1. The number of carbonyl (C=O) groups excluding carboxylic acids is 2. The van der Waals surface area contributed by atoms with Crippen molar-refractivity contribution < 1.29 is 14.3 Å². The van der Waals surface area contributed by atoms with Gasteiger partial charge in [0.2, 0.25) is 0 Å². The van der Waals surface area contributed by atoms with E-state index in [1.807, 2.05) is 36.4 Å². The fraction of sp³-hybridized carbons (Fsp3) is 0.174. The largest absolute Gasteiger partial charge is 0.462 e. The summed E-state index contributed by atoms with van der Waals surface area (Å²) in [7, 11) is 0. The molecule has 0 spiro atoms. The summed E-state index contributed by atoms with van der Waals surface area (Å²) in [4.78, 5) is 26.4. The van der Waals surface area contributed by atoms with Gasteiger partial charge in [0.25, 0.3) is 5.91 Å². The van der Waals surface area contributed by atoms with Crippen LogP contribution in [0.4, 0.5) is 5.69 Å². The predicted octanol–water partition coefficient (Wildman–Crippen LogP) is 3.50. The van der Waals surface area contributed by atoms with Crippen LogP contribution in [0.3, 0.4) is 0 Å². The third-order valence-corrected chi connectivity index (χ3v) is 4.84. The summed E-state index contributed by atoms with van der Waals surface area (Å²) in [5.41, 5.74) is 3.82. The van der Waals surface area contributed by atoms with E-state index in [-0.39, 0.29) is 11.6 Å². The zero-order valence-electron chi connectivity index (χ0n) is 17.9. The van der Waals surface area contributed by atoms with Crippen molar-refractivity contribution in [1.82, 2.24) is 24.8 Å². The highest BCUT2D eigenvalue weighted by molar-refractivity contribution is 6.03. The number of hydrogen-bond acceptors (Lipinski definition) is 6. The van der Waals surface area contributed by atoms with Crippen LogP contribution in [-0.4, -0.2) is 43.3 Å². The van der Waals surface area contributed by atoms with Crippen molar-refractivity contribution in [3.8, 4) is 11.4 Å². The third kappa shape index (κ3) is 4.13. The summed E-state index contributed by atoms with van der Waals surface area (Å²) in [6, 6.07) is 16.5. The topological polar surface area (TPSA) is 104 Å². The average molecular weight is 430 g/mol. The maximum atomic E-state index is 12.8. The van der Waals surface area contributed by atoms with Gasteiger partial charge in [-0.3, -0.25) is 4.79 Å². The van der Waals surface area contributed by atoms with Crippen LogP contribution in [0.2, 0.25) is 0 Å². The van der Waals surface area contributed by atoms with E-state index in [4.69, 9.17) is 4.74 Å². The molecule has 9 heteroatoms. The molecule has 2 aromatic carbocycles. The second kappa shape index (κ2) is 8.84. The van der Waals surface area contributed by atoms with Gasteiger partial charge in [-0.25, -0.2) is 9.48 Å². The van der Waals surface area contributed by atoms with Gasteiger partial charge in [0.05, 0.1) is 35.6 Å². The number of carbonyl (C=O) groups is 2. The highest BCUT2D eigenvalue weighted by atomic mass is 16.5. The van der Waals surface area contributed by atoms with Gasteiger partial charge >= 0.3 is 5.97 Å². The van der Waals surface area contributed by atoms with Crippen LogP contribution in [0.15, 0.2) is 60.8 Å². The van der Waals surface area contributed by atoms with E-state index < -0.39 is 5.97 Å². The summed E-state index contributed by atoms with van der Waals surface area (Å²) in [5.74, 6) is -0.788. The molecule has 0 atom stereocenters. The van der Waals surface area contributed by atoms with E-state index in [0.29, 0.717) is 34.9 Å². The first kappa shape index (κ1) is 21.0. The molecule has 0 saturated carbocycles. The van der Waals surface area contributed by atoms with Crippen molar-refractivity contribution in [1.29, 1.82) is 0 Å². The molecule has 162 valence electrons. The number of anilines is 1. The monoisotopic (exact) mass is 430 g/mol. The van der Waals surface area contributed by atoms with Crippen LogP contribution in [0.5, 0.6) is 0 Å². The lowest BCUT2D eigenvalue weighted by atomic mass is 10.2. The van der Waals surface area contributed by atoms with Gasteiger partial charge in [0.1, 0.15) is 5.56 Å². The molecule has 0 bridgehead atoms. The fourth-order valence-corrected chi connectivity index (χ4v) is 3.25. The highest BCUT2D eigenvalue weighted by Gasteiger charge is 2.18. The number of rotatable bonds is 6. The molecule has 0 aliphatic heterocycles. The van der Waals surface area contributed by atoms with E-state index in [2.05, 4.69) is 20.6 Å². The second-order valence-electron chi connectivity index (χ2n) is 7.04. The average Bonchev–Trinajstić information content (AvgIpc) is 3.37.